The maximum atomic E-state index is 13.7. The van der Waals surface area contributed by atoms with Gasteiger partial charge in [-0.05, 0) is 48.0 Å². The highest BCUT2D eigenvalue weighted by atomic mass is 35.5. The van der Waals surface area contributed by atoms with E-state index in [2.05, 4.69) is 4.98 Å². The number of aromatic nitrogens is 1. The molecule has 0 saturated carbocycles. The summed E-state index contributed by atoms with van der Waals surface area (Å²) in [6, 6.07) is 13.2. The SMILES string of the molecule is O=C(Cc1cc(Cl)ccc1F)c1ccc2ncccc2c1. The molecule has 0 aliphatic carbocycles. The summed E-state index contributed by atoms with van der Waals surface area (Å²) >= 11 is 5.84. The first-order valence-corrected chi connectivity index (χ1v) is 6.83. The van der Waals surface area contributed by atoms with Crippen LogP contribution in [0, 0.1) is 5.82 Å². The second-order valence-corrected chi connectivity index (χ2v) is 5.18. The lowest BCUT2D eigenvalue weighted by molar-refractivity contribution is 0.0992. The molecule has 0 aliphatic rings. The van der Waals surface area contributed by atoms with E-state index < -0.39 is 5.82 Å². The van der Waals surface area contributed by atoms with Crippen molar-refractivity contribution in [1.29, 1.82) is 0 Å². The Bertz CT molecular complexity index is 832. The molecule has 3 aromatic rings. The summed E-state index contributed by atoms with van der Waals surface area (Å²) in [5, 5.41) is 1.30. The molecule has 1 heterocycles. The summed E-state index contributed by atoms with van der Waals surface area (Å²) < 4.78 is 13.7. The van der Waals surface area contributed by atoms with Gasteiger partial charge < -0.3 is 0 Å². The molecule has 2 aromatic carbocycles. The van der Waals surface area contributed by atoms with Crippen molar-refractivity contribution in [2.45, 2.75) is 6.42 Å². The monoisotopic (exact) mass is 299 g/mol. The predicted octanol–water partition coefficient (Wildman–Crippen LogP) is 4.45. The standard InChI is InChI=1S/C17H11ClFNO/c18-14-4-5-15(19)13(9-14)10-17(21)12-3-6-16-11(8-12)2-1-7-20-16/h1-9H,10H2. The number of benzene rings is 2. The highest BCUT2D eigenvalue weighted by Gasteiger charge is 2.11. The maximum absolute atomic E-state index is 13.7. The van der Waals surface area contributed by atoms with Crippen molar-refractivity contribution < 1.29 is 9.18 Å². The number of carbonyl (C=O) groups excluding carboxylic acids is 1. The number of hydrogen-bond acceptors (Lipinski definition) is 2. The molecule has 0 radical (unpaired) electrons. The number of carbonyl (C=O) groups is 1. The summed E-state index contributed by atoms with van der Waals surface area (Å²) in [6.07, 6.45) is 1.68. The summed E-state index contributed by atoms with van der Waals surface area (Å²) in [4.78, 5) is 16.5. The smallest absolute Gasteiger partial charge is 0.167 e. The fraction of sp³-hybridized carbons (Fsp3) is 0.0588. The first-order chi connectivity index (χ1) is 10.1. The number of nitrogens with zero attached hydrogens (tertiary/aromatic N) is 1. The minimum absolute atomic E-state index is 0.0157. The molecule has 0 amide bonds. The zero-order chi connectivity index (χ0) is 14.8. The molecule has 4 heteroatoms. The zero-order valence-corrected chi connectivity index (χ0v) is 11.8. The van der Waals surface area contributed by atoms with E-state index in [1.165, 1.54) is 18.2 Å². The quantitative estimate of drug-likeness (QED) is 0.669. The van der Waals surface area contributed by atoms with E-state index in [0.717, 1.165) is 10.9 Å². The van der Waals surface area contributed by atoms with Crippen LogP contribution in [-0.2, 0) is 6.42 Å². The van der Waals surface area contributed by atoms with Gasteiger partial charge in [0.1, 0.15) is 5.82 Å². The number of fused-ring (bicyclic) bond motifs is 1. The molecule has 0 bridgehead atoms. The van der Waals surface area contributed by atoms with Crippen LogP contribution in [0.5, 0.6) is 0 Å². The van der Waals surface area contributed by atoms with E-state index in [1.807, 2.05) is 12.1 Å². The average molecular weight is 300 g/mol. The van der Waals surface area contributed by atoms with Crippen LogP contribution in [0.25, 0.3) is 10.9 Å². The van der Waals surface area contributed by atoms with Crippen LogP contribution < -0.4 is 0 Å². The van der Waals surface area contributed by atoms with Gasteiger partial charge >= 0.3 is 0 Å². The number of hydrogen-bond donors (Lipinski definition) is 0. The molecule has 2 nitrogen and oxygen atoms in total. The summed E-state index contributed by atoms with van der Waals surface area (Å²) in [6.45, 7) is 0. The van der Waals surface area contributed by atoms with Crippen molar-refractivity contribution in [2.24, 2.45) is 0 Å². The second-order valence-electron chi connectivity index (χ2n) is 4.75. The summed E-state index contributed by atoms with van der Waals surface area (Å²) in [5.41, 5.74) is 1.66. The Labute approximate surface area is 126 Å². The number of halogens is 2. The Hall–Kier alpha value is -2.26. The van der Waals surface area contributed by atoms with Gasteiger partial charge in [0.15, 0.2) is 5.78 Å². The Kier molecular flexibility index (Phi) is 3.67. The van der Waals surface area contributed by atoms with Crippen LogP contribution in [0.4, 0.5) is 4.39 Å². The first-order valence-electron chi connectivity index (χ1n) is 6.45. The topological polar surface area (TPSA) is 30.0 Å². The lowest BCUT2D eigenvalue weighted by atomic mass is 10.0. The van der Waals surface area contributed by atoms with Crippen molar-refractivity contribution in [3.8, 4) is 0 Å². The largest absolute Gasteiger partial charge is 0.294 e. The molecular formula is C17H11ClFNO. The van der Waals surface area contributed by atoms with E-state index >= 15 is 0 Å². The Morgan fingerprint density at radius 3 is 2.86 bits per heavy atom. The molecule has 3 rings (SSSR count). The van der Waals surface area contributed by atoms with Crippen molar-refractivity contribution >= 4 is 28.3 Å². The number of ketones is 1. The van der Waals surface area contributed by atoms with Gasteiger partial charge in [-0.1, -0.05) is 17.7 Å². The molecule has 21 heavy (non-hydrogen) atoms. The molecule has 0 unspecified atom stereocenters. The number of pyridine rings is 1. The van der Waals surface area contributed by atoms with E-state index in [0.29, 0.717) is 16.1 Å². The molecule has 0 N–H and O–H groups in total. The fourth-order valence-electron chi connectivity index (χ4n) is 2.20. The van der Waals surface area contributed by atoms with Gasteiger partial charge in [0.2, 0.25) is 0 Å². The first kappa shape index (κ1) is 13.7. The Morgan fingerprint density at radius 1 is 1.14 bits per heavy atom. The van der Waals surface area contributed by atoms with Crippen LogP contribution in [0.15, 0.2) is 54.7 Å². The van der Waals surface area contributed by atoms with Gasteiger partial charge in [-0.25, -0.2) is 4.39 Å². The van der Waals surface area contributed by atoms with Crippen LogP contribution in [0.2, 0.25) is 5.02 Å². The third-order valence-corrected chi connectivity index (χ3v) is 3.52. The van der Waals surface area contributed by atoms with Crippen molar-refractivity contribution in [2.75, 3.05) is 0 Å². The normalized spacial score (nSPS) is 10.8. The molecule has 0 aliphatic heterocycles. The van der Waals surface area contributed by atoms with Crippen molar-refractivity contribution in [3.05, 3.63) is 76.7 Å². The van der Waals surface area contributed by atoms with Crippen LogP contribution in [0.3, 0.4) is 0 Å². The highest BCUT2D eigenvalue weighted by molar-refractivity contribution is 6.30. The molecule has 0 atom stereocenters. The molecule has 1 aromatic heterocycles. The van der Waals surface area contributed by atoms with Gasteiger partial charge in [0, 0.05) is 28.6 Å². The molecule has 0 saturated heterocycles. The van der Waals surface area contributed by atoms with Gasteiger partial charge in [-0.2, -0.15) is 0 Å². The Morgan fingerprint density at radius 2 is 2.00 bits per heavy atom. The number of rotatable bonds is 3. The van der Waals surface area contributed by atoms with Gasteiger partial charge in [-0.15, -0.1) is 0 Å². The van der Waals surface area contributed by atoms with E-state index in [4.69, 9.17) is 11.6 Å². The second kappa shape index (κ2) is 5.62. The van der Waals surface area contributed by atoms with Crippen molar-refractivity contribution in [3.63, 3.8) is 0 Å². The lowest BCUT2D eigenvalue weighted by Crippen LogP contribution is -2.05. The van der Waals surface area contributed by atoms with Gasteiger partial charge in [0.05, 0.1) is 5.52 Å². The third-order valence-electron chi connectivity index (χ3n) is 3.28. The van der Waals surface area contributed by atoms with E-state index in [-0.39, 0.29) is 12.2 Å². The van der Waals surface area contributed by atoms with Crippen LogP contribution in [-0.4, -0.2) is 10.8 Å². The zero-order valence-electron chi connectivity index (χ0n) is 11.0. The minimum Gasteiger partial charge on any atom is -0.294 e. The van der Waals surface area contributed by atoms with E-state index in [9.17, 15) is 9.18 Å². The summed E-state index contributed by atoms with van der Waals surface area (Å²) in [5.74, 6) is -0.572. The predicted molar refractivity (Wildman–Crippen MR) is 81.2 cm³/mol. The molecule has 0 fully saturated rings. The van der Waals surface area contributed by atoms with Gasteiger partial charge in [-0.3, -0.25) is 9.78 Å². The van der Waals surface area contributed by atoms with E-state index in [1.54, 1.807) is 24.4 Å². The fourth-order valence-corrected chi connectivity index (χ4v) is 2.40. The molecular weight excluding hydrogens is 289 g/mol. The van der Waals surface area contributed by atoms with Gasteiger partial charge in [0.25, 0.3) is 0 Å². The molecule has 0 spiro atoms. The summed E-state index contributed by atoms with van der Waals surface area (Å²) in [7, 11) is 0. The highest BCUT2D eigenvalue weighted by Crippen LogP contribution is 2.19. The maximum Gasteiger partial charge on any atom is 0.167 e. The number of Topliss-reactive ketones (excluding diaryl/α,β-unsaturated/α-hetero) is 1. The van der Waals surface area contributed by atoms with Crippen molar-refractivity contribution in [1.82, 2.24) is 4.98 Å². The Balaban J connectivity index is 1.91. The minimum atomic E-state index is -0.421. The van der Waals surface area contributed by atoms with Crippen LogP contribution >= 0.6 is 11.6 Å². The van der Waals surface area contributed by atoms with Crippen LogP contribution in [0.1, 0.15) is 15.9 Å². The third kappa shape index (κ3) is 2.93. The average Bonchev–Trinajstić information content (AvgIpc) is 2.50. The molecule has 104 valence electrons. The lowest BCUT2D eigenvalue weighted by Gasteiger charge is -2.05.